The Morgan fingerprint density at radius 1 is 1.00 bits per heavy atom. The van der Waals surface area contributed by atoms with E-state index in [1.54, 1.807) is 41.2 Å². The summed E-state index contributed by atoms with van der Waals surface area (Å²) >= 11 is 0. The van der Waals surface area contributed by atoms with Crippen LogP contribution in [0.15, 0.2) is 72.9 Å². The average molecular weight is 335 g/mol. The van der Waals surface area contributed by atoms with Crippen LogP contribution in [-0.4, -0.2) is 33.3 Å². The van der Waals surface area contributed by atoms with Crippen LogP contribution in [0.5, 0.6) is 0 Å². The summed E-state index contributed by atoms with van der Waals surface area (Å²) in [5, 5.41) is 16.3. The molecule has 6 heteroatoms. The number of hydrogen-bond donors (Lipinski definition) is 2. The molecule has 0 fully saturated rings. The fraction of sp³-hybridized carbons (Fsp3) is 0.105. The third-order valence-corrected chi connectivity index (χ3v) is 3.81. The Labute approximate surface area is 144 Å². The zero-order valence-corrected chi connectivity index (χ0v) is 13.4. The van der Waals surface area contributed by atoms with Crippen LogP contribution in [0, 0.1) is 0 Å². The second-order valence-electron chi connectivity index (χ2n) is 5.49. The van der Waals surface area contributed by atoms with Crippen LogP contribution in [0.25, 0.3) is 5.69 Å². The fourth-order valence-corrected chi connectivity index (χ4v) is 2.49. The molecule has 1 amide bonds. The molecule has 1 atom stereocenters. The largest absolute Gasteiger partial charge is 0.481 e. The third-order valence-electron chi connectivity index (χ3n) is 3.81. The van der Waals surface area contributed by atoms with E-state index in [4.69, 9.17) is 0 Å². The van der Waals surface area contributed by atoms with E-state index >= 15 is 0 Å². The molecule has 0 aliphatic rings. The van der Waals surface area contributed by atoms with E-state index in [0.717, 1.165) is 5.69 Å². The van der Waals surface area contributed by atoms with Crippen molar-refractivity contribution >= 4 is 11.9 Å². The van der Waals surface area contributed by atoms with Gasteiger partial charge in [-0.05, 0) is 23.8 Å². The van der Waals surface area contributed by atoms with Crippen molar-refractivity contribution in [2.24, 2.45) is 0 Å². The molecule has 2 N–H and O–H groups in total. The highest BCUT2D eigenvalue weighted by atomic mass is 16.4. The SMILES string of the molecule is O=C(NC[C@H](C(=O)O)c1ccccc1)c1ccn(-c2ccccc2)n1. The average Bonchev–Trinajstić information content (AvgIpc) is 3.13. The predicted octanol–water partition coefficient (Wildman–Crippen LogP) is 2.47. The standard InChI is InChI=1S/C19H17N3O3/c23-18(17-11-12-22(21-17)15-9-5-2-6-10-15)20-13-16(19(24)25)14-7-3-1-4-8-14/h1-12,16H,13H2,(H,20,23)(H,24,25)/t16-/m0/s1. The number of rotatable bonds is 6. The zero-order valence-electron chi connectivity index (χ0n) is 13.4. The molecular formula is C19H17N3O3. The van der Waals surface area contributed by atoms with Crippen molar-refractivity contribution in [2.45, 2.75) is 5.92 Å². The van der Waals surface area contributed by atoms with E-state index in [0.29, 0.717) is 5.56 Å². The Balaban J connectivity index is 1.68. The molecule has 0 aliphatic carbocycles. The second kappa shape index (κ2) is 7.44. The van der Waals surface area contributed by atoms with Crippen molar-refractivity contribution in [1.82, 2.24) is 15.1 Å². The number of nitrogens with zero attached hydrogens (tertiary/aromatic N) is 2. The van der Waals surface area contributed by atoms with E-state index in [1.807, 2.05) is 36.4 Å². The molecule has 3 aromatic rings. The van der Waals surface area contributed by atoms with Crippen LogP contribution in [-0.2, 0) is 4.79 Å². The number of carbonyl (C=O) groups is 2. The van der Waals surface area contributed by atoms with Gasteiger partial charge in [-0.1, -0.05) is 48.5 Å². The smallest absolute Gasteiger partial charge is 0.312 e. The van der Waals surface area contributed by atoms with Gasteiger partial charge in [0.05, 0.1) is 11.6 Å². The Morgan fingerprint density at radius 3 is 2.28 bits per heavy atom. The summed E-state index contributed by atoms with van der Waals surface area (Å²) in [7, 11) is 0. The minimum Gasteiger partial charge on any atom is -0.481 e. The highest BCUT2D eigenvalue weighted by Crippen LogP contribution is 2.15. The minimum atomic E-state index is -0.985. The quantitative estimate of drug-likeness (QED) is 0.725. The van der Waals surface area contributed by atoms with Crippen LogP contribution in [0.4, 0.5) is 0 Å². The highest BCUT2D eigenvalue weighted by Gasteiger charge is 2.21. The van der Waals surface area contributed by atoms with E-state index in [1.165, 1.54) is 0 Å². The fourth-order valence-electron chi connectivity index (χ4n) is 2.49. The first-order valence-corrected chi connectivity index (χ1v) is 7.82. The van der Waals surface area contributed by atoms with Gasteiger partial charge in [-0.25, -0.2) is 4.68 Å². The first-order valence-electron chi connectivity index (χ1n) is 7.82. The predicted molar refractivity (Wildman–Crippen MR) is 92.7 cm³/mol. The Hall–Kier alpha value is -3.41. The molecule has 25 heavy (non-hydrogen) atoms. The number of carbonyl (C=O) groups excluding carboxylic acids is 1. The molecule has 3 rings (SSSR count). The van der Waals surface area contributed by atoms with Gasteiger partial charge in [-0.15, -0.1) is 0 Å². The lowest BCUT2D eigenvalue weighted by Crippen LogP contribution is -2.32. The summed E-state index contributed by atoms with van der Waals surface area (Å²) in [6.45, 7) is -0.00359. The summed E-state index contributed by atoms with van der Waals surface area (Å²) in [6, 6.07) is 19.8. The first kappa shape index (κ1) is 16.4. The van der Waals surface area contributed by atoms with Gasteiger partial charge in [0.1, 0.15) is 0 Å². The number of benzene rings is 2. The molecule has 0 saturated heterocycles. The highest BCUT2D eigenvalue weighted by molar-refractivity contribution is 5.92. The van der Waals surface area contributed by atoms with Crippen LogP contribution in [0.2, 0.25) is 0 Å². The van der Waals surface area contributed by atoms with Crippen molar-refractivity contribution in [2.75, 3.05) is 6.54 Å². The van der Waals surface area contributed by atoms with Crippen molar-refractivity contribution in [1.29, 1.82) is 0 Å². The van der Waals surface area contributed by atoms with Crippen LogP contribution in [0.3, 0.4) is 0 Å². The van der Waals surface area contributed by atoms with E-state index in [9.17, 15) is 14.7 Å². The third kappa shape index (κ3) is 3.92. The number of aliphatic carboxylic acids is 1. The monoisotopic (exact) mass is 335 g/mol. The summed E-state index contributed by atoms with van der Waals surface area (Å²) in [4.78, 5) is 23.7. The summed E-state index contributed by atoms with van der Waals surface area (Å²) in [5.74, 6) is -2.19. The molecule has 6 nitrogen and oxygen atoms in total. The van der Waals surface area contributed by atoms with Gasteiger partial charge in [0, 0.05) is 12.7 Å². The van der Waals surface area contributed by atoms with Gasteiger partial charge in [-0.2, -0.15) is 5.10 Å². The van der Waals surface area contributed by atoms with Crippen molar-refractivity contribution in [3.63, 3.8) is 0 Å². The number of nitrogens with one attached hydrogen (secondary N) is 1. The first-order chi connectivity index (χ1) is 12.1. The van der Waals surface area contributed by atoms with Gasteiger partial charge in [0.15, 0.2) is 5.69 Å². The number of aromatic nitrogens is 2. The van der Waals surface area contributed by atoms with Gasteiger partial charge in [-0.3, -0.25) is 9.59 Å². The molecule has 2 aromatic carbocycles. The van der Waals surface area contributed by atoms with Crippen molar-refractivity contribution in [3.8, 4) is 5.69 Å². The number of para-hydroxylation sites is 1. The van der Waals surface area contributed by atoms with Crippen molar-refractivity contribution < 1.29 is 14.7 Å². The van der Waals surface area contributed by atoms with Crippen molar-refractivity contribution in [3.05, 3.63) is 84.2 Å². The lowest BCUT2D eigenvalue weighted by atomic mass is 9.99. The summed E-state index contributed by atoms with van der Waals surface area (Å²) in [6.07, 6.45) is 1.69. The Morgan fingerprint density at radius 2 is 1.64 bits per heavy atom. The lowest BCUT2D eigenvalue weighted by molar-refractivity contribution is -0.138. The van der Waals surface area contributed by atoms with E-state index < -0.39 is 17.8 Å². The maximum atomic E-state index is 12.3. The normalized spacial score (nSPS) is 11.7. The van der Waals surface area contributed by atoms with Gasteiger partial charge in [0.2, 0.25) is 0 Å². The molecule has 0 saturated carbocycles. The van der Waals surface area contributed by atoms with E-state index in [2.05, 4.69) is 10.4 Å². The minimum absolute atomic E-state index is 0.00359. The zero-order chi connectivity index (χ0) is 17.6. The van der Waals surface area contributed by atoms with Crippen LogP contribution >= 0.6 is 0 Å². The number of hydrogen-bond acceptors (Lipinski definition) is 3. The molecule has 0 aliphatic heterocycles. The summed E-state index contributed by atoms with van der Waals surface area (Å²) in [5.41, 5.74) is 1.72. The van der Waals surface area contributed by atoms with Crippen LogP contribution < -0.4 is 5.32 Å². The Kier molecular flexibility index (Phi) is 4.89. The lowest BCUT2D eigenvalue weighted by Gasteiger charge is -2.13. The second-order valence-corrected chi connectivity index (χ2v) is 5.49. The van der Waals surface area contributed by atoms with Crippen LogP contribution in [0.1, 0.15) is 22.0 Å². The summed E-state index contributed by atoms with van der Waals surface area (Å²) < 4.78 is 1.60. The maximum absolute atomic E-state index is 12.3. The Bertz CT molecular complexity index is 860. The maximum Gasteiger partial charge on any atom is 0.312 e. The molecule has 1 aromatic heterocycles. The molecule has 126 valence electrons. The molecule has 0 unspecified atom stereocenters. The molecule has 0 bridgehead atoms. The number of amides is 1. The van der Waals surface area contributed by atoms with Gasteiger partial charge >= 0.3 is 5.97 Å². The number of carboxylic acid groups (broad SMARTS) is 1. The topological polar surface area (TPSA) is 84.2 Å². The molecule has 0 spiro atoms. The van der Waals surface area contributed by atoms with Gasteiger partial charge < -0.3 is 10.4 Å². The van der Waals surface area contributed by atoms with E-state index in [-0.39, 0.29) is 12.2 Å². The molecule has 0 radical (unpaired) electrons. The molecule has 1 heterocycles. The molecular weight excluding hydrogens is 318 g/mol. The van der Waals surface area contributed by atoms with Gasteiger partial charge in [0.25, 0.3) is 5.91 Å². The number of carboxylic acids is 1.